The fraction of sp³-hybridized carbons (Fsp3) is 0.500. The highest BCUT2D eigenvalue weighted by atomic mass is 16.5. The zero-order chi connectivity index (χ0) is 19.6. The van der Waals surface area contributed by atoms with E-state index in [9.17, 15) is 0 Å². The summed E-state index contributed by atoms with van der Waals surface area (Å²) in [4.78, 5) is 0. The van der Waals surface area contributed by atoms with Crippen LogP contribution >= 0.6 is 0 Å². The predicted octanol–water partition coefficient (Wildman–Crippen LogP) is 7.38. The van der Waals surface area contributed by atoms with E-state index >= 15 is 0 Å². The van der Waals surface area contributed by atoms with Crippen LogP contribution in [0.1, 0.15) is 87.3 Å². The Labute approximate surface area is 170 Å². The van der Waals surface area contributed by atoms with Gasteiger partial charge in [-0.15, -0.1) is 0 Å². The molecule has 0 amide bonds. The van der Waals surface area contributed by atoms with Crippen LogP contribution in [-0.2, 0) is 6.61 Å². The van der Waals surface area contributed by atoms with Crippen molar-refractivity contribution in [2.24, 2.45) is 5.92 Å². The molecule has 2 aromatic carbocycles. The van der Waals surface area contributed by atoms with E-state index in [2.05, 4.69) is 37.3 Å². The summed E-state index contributed by atoms with van der Waals surface area (Å²) in [5, 5.41) is 8.86. The Hall–Kier alpha value is -2.27. The van der Waals surface area contributed by atoms with Crippen molar-refractivity contribution >= 4 is 0 Å². The number of unbranched alkanes of at least 4 members (excludes halogenated alkanes) is 3. The number of hydrogen-bond acceptors (Lipinski definition) is 2. The molecule has 0 N–H and O–H groups in total. The van der Waals surface area contributed by atoms with Gasteiger partial charge in [-0.3, -0.25) is 0 Å². The van der Waals surface area contributed by atoms with Crippen LogP contribution < -0.4 is 4.74 Å². The molecule has 0 aliphatic heterocycles. The van der Waals surface area contributed by atoms with Crippen molar-refractivity contribution in [2.75, 3.05) is 0 Å². The number of rotatable bonds is 9. The van der Waals surface area contributed by atoms with Crippen LogP contribution in [0.4, 0.5) is 0 Å². The van der Waals surface area contributed by atoms with Gasteiger partial charge in [-0.1, -0.05) is 63.3 Å². The molecule has 1 fully saturated rings. The molecular formula is C26H33NO. The van der Waals surface area contributed by atoms with Gasteiger partial charge in [0.1, 0.15) is 12.4 Å². The Bertz CT molecular complexity index is 733. The van der Waals surface area contributed by atoms with E-state index in [-0.39, 0.29) is 0 Å². The van der Waals surface area contributed by atoms with Crippen molar-refractivity contribution in [2.45, 2.75) is 77.2 Å². The molecule has 0 saturated heterocycles. The molecule has 0 heterocycles. The van der Waals surface area contributed by atoms with E-state index in [1.165, 1.54) is 63.4 Å². The second-order valence-electron chi connectivity index (χ2n) is 8.23. The zero-order valence-electron chi connectivity index (χ0n) is 17.2. The first-order valence-corrected chi connectivity index (χ1v) is 11.0. The van der Waals surface area contributed by atoms with Crippen molar-refractivity contribution in [3.63, 3.8) is 0 Å². The maximum atomic E-state index is 8.86. The van der Waals surface area contributed by atoms with E-state index in [1.807, 2.05) is 24.3 Å². The molecule has 1 aliphatic rings. The highest BCUT2D eigenvalue weighted by Gasteiger charge is 2.22. The Kier molecular flexibility index (Phi) is 7.97. The van der Waals surface area contributed by atoms with Gasteiger partial charge in [-0.05, 0) is 72.9 Å². The second kappa shape index (κ2) is 10.9. The Morgan fingerprint density at radius 3 is 2.25 bits per heavy atom. The molecule has 0 radical (unpaired) electrons. The number of hydrogen-bond donors (Lipinski definition) is 0. The summed E-state index contributed by atoms with van der Waals surface area (Å²) >= 11 is 0. The number of benzene rings is 2. The fourth-order valence-corrected chi connectivity index (χ4v) is 4.32. The summed E-state index contributed by atoms with van der Waals surface area (Å²) in [7, 11) is 0. The van der Waals surface area contributed by atoms with Crippen LogP contribution in [0, 0.1) is 17.2 Å². The van der Waals surface area contributed by atoms with Crippen LogP contribution in [0.3, 0.4) is 0 Å². The van der Waals surface area contributed by atoms with Gasteiger partial charge in [0.15, 0.2) is 0 Å². The lowest BCUT2D eigenvalue weighted by Gasteiger charge is -2.29. The van der Waals surface area contributed by atoms with Crippen LogP contribution in [0.5, 0.6) is 5.75 Å². The van der Waals surface area contributed by atoms with Crippen molar-refractivity contribution in [3.8, 4) is 11.8 Å². The van der Waals surface area contributed by atoms with Crippen LogP contribution in [-0.4, -0.2) is 0 Å². The summed E-state index contributed by atoms with van der Waals surface area (Å²) in [5.41, 5.74) is 3.24. The Morgan fingerprint density at radius 2 is 1.61 bits per heavy atom. The summed E-state index contributed by atoms with van der Waals surface area (Å²) in [6.45, 7) is 2.82. The van der Waals surface area contributed by atoms with E-state index in [1.54, 1.807) is 0 Å². The minimum Gasteiger partial charge on any atom is -0.489 e. The first kappa shape index (κ1) is 20.5. The predicted molar refractivity (Wildman–Crippen MR) is 115 cm³/mol. The number of nitrogens with zero attached hydrogens (tertiary/aromatic N) is 1. The number of ether oxygens (including phenoxy) is 1. The minimum absolute atomic E-state index is 0.536. The van der Waals surface area contributed by atoms with Gasteiger partial charge in [-0.25, -0.2) is 0 Å². The van der Waals surface area contributed by atoms with Gasteiger partial charge in [0.05, 0.1) is 11.6 Å². The average Bonchev–Trinajstić information content (AvgIpc) is 2.76. The highest BCUT2D eigenvalue weighted by molar-refractivity contribution is 5.32. The molecule has 0 bridgehead atoms. The third kappa shape index (κ3) is 6.13. The summed E-state index contributed by atoms with van der Waals surface area (Å²) in [6, 6.07) is 18.4. The largest absolute Gasteiger partial charge is 0.489 e. The van der Waals surface area contributed by atoms with Crippen molar-refractivity contribution < 1.29 is 4.74 Å². The Balaban J connectivity index is 1.42. The van der Waals surface area contributed by atoms with E-state index in [0.717, 1.165) is 23.1 Å². The molecule has 1 saturated carbocycles. The molecule has 2 nitrogen and oxygen atoms in total. The fourth-order valence-electron chi connectivity index (χ4n) is 4.32. The topological polar surface area (TPSA) is 33.0 Å². The minimum atomic E-state index is 0.536. The van der Waals surface area contributed by atoms with Gasteiger partial charge >= 0.3 is 0 Å². The monoisotopic (exact) mass is 375 g/mol. The van der Waals surface area contributed by atoms with Crippen molar-refractivity contribution in [1.29, 1.82) is 5.26 Å². The van der Waals surface area contributed by atoms with E-state index in [4.69, 9.17) is 10.00 Å². The van der Waals surface area contributed by atoms with Gasteiger partial charge in [0.25, 0.3) is 0 Å². The van der Waals surface area contributed by atoms with Crippen molar-refractivity contribution in [1.82, 2.24) is 0 Å². The van der Waals surface area contributed by atoms with E-state index in [0.29, 0.717) is 12.2 Å². The lowest BCUT2D eigenvalue weighted by Crippen LogP contribution is -2.13. The molecule has 2 aromatic rings. The summed E-state index contributed by atoms with van der Waals surface area (Å²) in [6.07, 6.45) is 12.5. The zero-order valence-corrected chi connectivity index (χ0v) is 17.2. The van der Waals surface area contributed by atoms with E-state index < -0.39 is 0 Å². The SMILES string of the molecule is CCCCCCC1CCC(c2ccc(OCc3ccc(C#N)cc3)cc2)CC1. The number of nitriles is 1. The highest BCUT2D eigenvalue weighted by Crippen LogP contribution is 2.38. The molecule has 0 atom stereocenters. The first-order chi connectivity index (χ1) is 13.8. The molecule has 0 aromatic heterocycles. The standard InChI is InChI=1S/C26H33NO/c1-2-3-4-5-6-21-11-13-24(14-12-21)25-15-17-26(18-16-25)28-20-23-9-7-22(19-27)8-10-23/h7-10,15-18,21,24H,2-6,11-14,20H2,1H3. The van der Waals surface area contributed by atoms with Gasteiger partial charge < -0.3 is 4.74 Å². The quantitative estimate of drug-likeness (QED) is 0.428. The molecule has 28 heavy (non-hydrogen) atoms. The summed E-state index contributed by atoms with van der Waals surface area (Å²) < 4.78 is 5.91. The maximum Gasteiger partial charge on any atom is 0.119 e. The molecular weight excluding hydrogens is 342 g/mol. The third-order valence-electron chi connectivity index (χ3n) is 6.15. The van der Waals surface area contributed by atoms with Crippen LogP contribution in [0.2, 0.25) is 0 Å². The van der Waals surface area contributed by atoms with Crippen LogP contribution in [0.15, 0.2) is 48.5 Å². The van der Waals surface area contributed by atoms with Crippen LogP contribution in [0.25, 0.3) is 0 Å². The van der Waals surface area contributed by atoms with Gasteiger partial charge in [-0.2, -0.15) is 5.26 Å². The van der Waals surface area contributed by atoms with Gasteiger partial charge in [0.2, 0.25) is 0 Å². The lowest BCUT2D eigenvalue weighted by atomic mass is 9.77. The first-order valence-electron chi connectivity index (χ1n) is 11.0. The maximum absolute atomic E-state index is 8.86. The Morgan fingerprint density at radius 1 is 0.893 bits per heavy atom. The van der Waals surface area contributed by atoms with Crippen molar-refractivity contribution in [3.05, 3.63) is 65.2 Å². The second-order valence-corrected chi connectivity index (χ2v) is 8.23. The smallest absolute Gasteiger partial charge is 0.119 e. The molecule has 0 spiro atoms. The molecule has 3 rings (SSSR count). The normalized spacial score (nSPS) is 19.1. The molecule has 1 aliphatic carbocycles. The molecule has 148 valence electrons. The molecule has 0 unspecified atom stereocenters. The van der Waals surface area contributed by atoms with Gasteiger partial charge in [0, 0.05) is 0 Å². The lowest BCUT2D eigenvalue weighted by molar-refractivity contribution is 0.299. The summed E-state index contributed by atoms with van der Waals surface area (Å²) in [5.74, 6) is 2.60. The average molecular weight is 376 g/mol. The third-order valence-corrected chi connectivity index (χ3v) is 6.15. The molecule has 2 heteroatoms.